The second kappa shape index (κ2) is 8.77. The Morgan fingerprint density at radius 3 is 2.27 bits per heavy atom. The third kappa shape index (κ3) is 5.03. The maximum Gasteiger partial charge on any atom is 0.243 e. The lowest BCUT2D eigenvalue weighted by Gasteiger charge is -2.18. The minimum absolute atomic E-state index is 0.0291. The van der Waals surface area contributed by atoms with Gasteiger partial charge < -0.3 is 10.6 Å². The maximum absolute atomic E-state index is 13.1. The van der Waals surface area contributed by atoms with Crippen molar-refractivity contribution in [1.29, 1.82) is 0 Å². The number of sulfonamides is 1. The van der Waals surface area contributed by atoms with E-state index >= 15 is 0 Å². The fourth-order valence-electron chi connectivity index (χ4n) is 2.41. The molecule has 2 aromatic rings. The van der Waals surface area contributed by atoms with E-state index in [1.807, 2.05) is 0 Å². The fraction of sp³-hybridized carbons (Fsp3) is 0.278. The number of carbonyl (C=O) groups is 1. The van der Waals surface area contributed by atoms with E-state index in [1.165, 1.54) is 34.6 Å². The van der Waals surface area contributed by atoms with Gasteiger partial charge in [0.05, 0.1) is 11.4 Å². The van der Waals surface area contributed by atoms with E-state index in [-0.39, 0.29) is 17.3 Å². The molecule has 0 aliphatic heterocycles. The summed E-state index contributed by atoms with van der Waals surface area (Å²) in [6.07, 6.45) is 0. The van der Waals surface area contributed by atoms with Crippen LogP contribution in [-0.4, -0.2) is 38.3 Å². The van der Waals surface area contributed by atoms with Crippen molar-refractivity contribution in [3.05, 3.63) is 54.3 Å². The van der Waals surface area contributed by atoms with Crippen LogP contribution in [0.3, 0.4) is 0 Å². The quantitative estimate of drug-likeness (QED) is 0.739. The number of carbonyl (C=O) groups excluding carboxylic acids is 1. The molecule has 2 aromatic carbocycles. The Labute approximate surface area is 153 Å². The largest absolute Gasteiger partial charge is 0.376 e. The minimum atomic E-state index is -3.50. The van der Waals surface area contributed by atoms with E-state index in [1.54, 1.807) is 32.0 Å². The molecule has 0 saturated carbocycles. The predicted molar refractivity (Wildman–Crippen MR) is 100 cm³/mol. The monoisotopic (exact) mass is 379 g/mol. The van der Waals surface area contributed by atoms with Crippen LogP contribution in [-0.2, 0) is 14.8 Å². The molecule has 0 aliphatic rings. The Hall–Kier alpha value is -2.45. The summed E-state index contributed by atoms with van der Waals surface area (Å²) in [5.41, 5.74) is 0.982. The normalized spacial score (nSPS) is 11.4. The summed E-state index contributed by atoms with van der Waals surface area (Å²) in [6.45, 7) is 4.35. The first-order valence-corrected chi connectivity index (χ1v) is 9.70. The third-order valence-electron chi connectivity index (χ3n) is 3.76. The molecule has 0 spiro atoms. The molecule has 0 fully saturated rings. The van der Waals surface area contributed by atoms with Gasteiger partial charge in [0.25, 0.3) is 0 Å². The summed E-state index contributed by atoms with van der Waals surface area (Å²) < 4.78 is 39.3. The average Bonchev–Trinajstić information content (AvgIpc) is 2.61. The standard InChI is InChI=1S/C18H22FN3O3S/c1-3-22(4-2)26(24,25)17-10-8-15(9-11-17)20-13-18(23)21-16-7-5-6-14(19)12-16/h5-12,20H,3-4,13H2,1-2H3,(H,21,23). The zero-order chi connectivity index (χ0) is 19.2. The molecule has 0 bridgehead atoms. The van der Waals surface area contributed by atoms with Crippen molar-refractivity contribution in [2.45, 2.75) is 18.7 Å². The predicted octanol–water partition coefficient (Wildman–Crippen LogP) is 2.91. The highest BCUT2D eigenvalue weighted by Gasteiger charge is 2.21. The molecule has 0 atom stereocenters. The molecule has 140 valence electrons. The minimum Gasteiger partial charge on any atom is -0.376 e. The Morgan fingerprint density at radius 1 is 1.04 bits per heavy atom. The second-order valence-corrected chi connectivity index (χ2v) is 7.46. The number of amides is 1. The van der Waals surface area contributed by atoms with E-state index in [2.05, 4.69) is 10.6 Å². The van der Waals surface area contributed by atoms with Crippen molar-refractivity contribution in [3.63, 3.8) is 0 Å². The van der Waals surface area contributed by atoms with Gasteiger partial charge in [0, 0.05) is 24.5 Å². The van der Waals surface area contributed by atoms with Crippen LogP contribution in [0.2, 0.25) is 0 Å². The van der Waals surface area contributed by atoms with Crippen LogP contribution in [0.4, 0.5) is 15.8 Å². The second-order valence-electron chi connectivity index (χ2n) is 5.53. The molecule has 0 saturated heterocycles. The van der Waals surface area contributed by atoms with E-state index in [9.17, 15) is 17.6 Å². The van der Waals surface area contributed by atoms with Gasteiger partial charge in [0.1, 0.15) is 5.82 Å². The Bertz CT molecular complexity index is 850. The van der Waals surface area contributed by atoms with Crippen LogP contribution < -0.4 is 10.6 Å². The number of rotatable bonds is 8. The number of benzene rings is 2. The lowest BCUT2D eigenvalue weighted by molar-refractivity contribution is -0.114. The first kappa shape index (κ1) is 19.9. The van der Waals surface area contributed by atoms with Crippen LogP contribution in [0.1, 0.15) is 13.8 Å². The molecule has 1 amide bonds. The molecule has 0 heterocycles. The molecule has 2 rings (SSSR count). The SMILES string of the molecule is CCN(CC)S(=O)(=O)c1ccc(NCC(=O)Nc2cccc(F)c2)cc1. The summed E-state index contributed by atoms with van der Waals surface area (Å²) in [5, 5.41) is 5.48. The number of halogens is 1. The van der Waals surface area contributed by atoms with Crippen LogP contribution >= 0.6 is 0 Å². The van der Waals surface area contributed by atoms with E-state index in [4.69, 9.17) is 0 Å². The van der Waals surface area contributed by atoms with E-state index in [0.717, 1.165) is 0 Å². The smallest absolute Gasteiger partial charge is 0.243 e. The van der Waals surface area contributed by atoms with Crippen molar-refractivity contribution in [2.75, 3.05) is 30.3 Å². The summed E-state index contributed by atoms with van der Waals surface area (Å²) in [5.74, 6) is -0.767. The van der Waals surface area contributed by atoms with Gasteiger partial charge in [-0.1, -0.05) is 19.9 Å². The zero-order valence-corrected chi connectivity index (χ0v) is 15.5. The van der Waals surface area contributed by atoms with Crippen molar-refractivity contribution in [2.24, 2.45) is 0 Å². The van der Waals surface area contributed by atoms with Crippen LogP contribution in [0, 0.1) is 5.82 Å². The number of nitrogens with zero attached hydrogens (tertiary/aromatic N) is 1. The highest BCUT2D eigenvalue weighted by Crippen LogP contribution is 2.18. The molecular weight excluding hydrogens is 357 g/mol. The van der Waals surface area contributed by atoms with Crippen molar-refractivity contribution in [3.8, 4) is 0 Å². The van der Waals surface area contributed by atoms with Gasteiger partial charge >= 0.3 is 0 Å². The number of hydrogen-bond donors (Lipinski definition) is 2. The molecule has 0 aromatic heterocycles. The van der Waals surface area contributed by atoms with Gasteiger partial charge in [0.2, 0.25) is 15.9 Å². The summed E-state index contributed by atoms with van der Waals surface area (Å²) in [7, 11) is -3.50. The van der Waals surface area contributed by atoms with E-state index in [0.29, 0.717) is 24.5 Å². The molecule has 6 nitrogen and oxygen atoms in total. The highest BCUT2D eigenvalue weighted by atomic mass is 32.2. The fourth-order valence-corrected chi connectivity index (χ4v) is 3.87. The van der Waals surface area contributed by atoms with Crippen molar-refractivity contribution < 1.29 is 17.6 Å². The van der Waals surface area contributed by atoms with Gasteiger partial charge in [-0.25, -0.2) is 12.8 Å². The van der Waals surface area contributed by atoms with Crippen molar-refractivity contribution >= 4 is 27.3 Å². The highest BCUT2D eigenvalue weighted by molar-refractivity contribution is 7.89. The summed E-state index contributed by atoms with van der Waals surface area (Å²) in [6, 6.07) is 11.8. The molecule has 0 radical (unpaired) electrons. The summed E-state index contributed by atoms with van der Waals surface area (Å²) >= 11 is 0. The molecule has 26 heavy (non-hydrogen) atoms. The zero-order valence-electron chi connectivity index (χ0n) is 14.7. The van der Waals surface area contributed by atoms with E-state index < -0.39 is 15.8 Å². The van der Waals surface area contributed by atoms with Gasteiger partial charge in [-0.3, -0.25) is 4.79 Å². The molecule has 2 N–H and O–H groups in total. The van der Waals surface area contributed by atoms with Crippen LogP contribution in [0.5, 0.6) is 0 Å². The number of nitrogens with one attached hydrogen (secondary N) is 2. The first-order chi connectivity index (χ1) is 12.4. The van der Waals surface area contributed by atoms with Gasteiger partial charge in [0.15, 0.2) is 0 Å². The average molecular weight is 379 g/mol. The molecule has 0 aliphatic carbocycles. The Morgan fingerprint density at radius 2 is 1.69 bits per heavy atom. The van der Waals surface area contributed by atoms with Gasteiger partial charge in [-0.05, 0) is 42.5 Å². The molecule has 0 unspecified atom stereocenters. The van der Waals surface area contributed by atoms with Gasteiger partial charge in [-0.2, -0.15) is 4.31 Å². The number of hydrogen-bond acceptors (Lipinski definition) is 4. The molecular formula is C18H22FN3O3S. The lowest BCUT2D eigenvalue weighted by Crippen LogP contribution is -2.30. The Balaban J connectivity index is 1.96. The van der Waals surface area contributed by atoms with Crippen LogP contribution in [0.25, 0.3) is 0 Å². The van der Waals surface area contributed by atoms with Crippen LogP contribution in [0.15, 0.2) is 53.4 Å². The summed E-state index contributed by atoms with van der Waals surface area (Å²) in [4.78, 5) is 12.1. The topological polar surface area (TPSA) is 78.5 Å². The molecule has 8 heteroatoms. The first-order valence-electron chi connectivity index (χ1n) is 8.26. The lowest BCUT2D eigenvalue weighted by atomic mass is 10.3. The van der Waals surface area contributed by atoms with Crippen molar-refractivity contribution in [1.82, 2.24) is 4.31 Å². The number of anilines is 2. The maximum atomic E-state index is 13.1. The van der Waals surface area contributed by atoms with Gasteiger partial charge in [-0.15, -0.1) is 0 Å². The Kier molecular flexibility index (Phi) is 6.70. The third-order valence-corrected chi connectivity index (χ3v) is 5.82.